The van der Waals surface area contributed by atoms with Crippen LogP contribution in [0.1, 0.15) is 35.3 Å². The quantitative estimate of drug-likeness (QED) is 0.311. The predicted molar refractivity (Wildman–Crippen MR) is 139 cm³/mol. The van der Waals surface area contributed by atoms with E-state index in [1.807, 2.05) is 48.5 Å². The molecule has 0 fully saturated rings. The van der Waals surface area contributed by atoms with Crippen molar-refractivity contribution in [1.29, 1.82) is 0 Å². The van der Waals surface area contributed by atoms with Crippen LogP contribution in [-0.2, 0) is 13.1 Å². The van der Waals surface area contributed by atoms with Gasteiger partial charge in [-0.15, -0.1) is 0 Å². The van der Waals surface area contributed by atoms with Gasteiger partial charge in [-0.05, 0) is 76.4 Å². The van der Waals surface area contributed by atoms with E-state index in [1.165, 1.54) is 16.3 Å². The smallest absolute Gasteiger partial charge is 0.251 e. The number of benzene rings is 4. The molecule has 0 bridgehead atoms. The number of amides is 1. The van der Waals surface area contributed by atoms with Gasteiger partial charge in [0.2, 0.25) is 0 Å². The van der Waals surface area contributed by atoms with Crippen LogP contribution in [0.5, 0.6) is 0 Å². The van der Waals surface area contributed by atoms with Crippen molar-refractivity contribution in [2.45, 2.75) is 26.9 Å². The molecule has 0 unspecified atom stereocenters. The van der Waals surface area contributed by atoms with Gasteiger partial charge in [-0.3, -0.25) is 9.69 Å². The van der Waals surface area contributed by atoms with E-state index in [1.54, 1.807) is 0 Å². The van der Waals surface area contributed by atoms with Crippen molar-refractivity contribution in [2.75, 3.05) is 13.1 Å². The molecule has 1 amide bonds. The minimum Gasteiger partial charge on any atom is -0.348 e. The zero-order valence-electron chi connectivity index (χ0n) is 19.1. The minimum absolute atomic E-state index is 0.0761. The van der Waals surface area contributed by atoms with E-state index in [4.69, 9.17) is 11.6 Å². The monoisotopic (exact) mass is 456 g/mol. The van der Waals surface area contributed by atoms with Crippen molar-refractivity contribution in [3.8, 4) is 11.1 Å². The first-order valence-electron chi connectivity index (χ1n) is 11.4. The Hall–Kier alpha value is -3.14. The molecule has 168 valence electrons. The molecule has 4 aromatic carbocycles. The van der Waals surface area contributed by atoms with E-state index in [9.17, 15) is 4.79 Å². The second-order valence-corrected chi connectivity index (χ2v) is 8.64. The molecule has 0 saturated carbocycles. The molecule has 0 radical (unpaired) electrons. The molecule has 0 aliphatic rings. The van der Waals surface area contributed by atoms with E-state index < -0.39 is 0 Å². The topological polar surface area (TPSA) is 32.3 Å². The molecule has 0 heterocycles. The lowest BCUT2D eigenvalue weighted by molar-refractivity contribution is 0.0951. The first kappa shape index (κ1) is 23.0. The number of carbonyl (C=O) groups is 1. The Labute approximate surface area is 201 Å². The van der Waals surface area contributed by atoms with Crippen LogP contribution in [0.15, 0.2) is 84.9 Å². The molecule has 3 nitrogen and oxygen atoms in total. The van der Waals surface area contributed by atoms with Crippen LogP contribution in [0, 0.1) is 0 Å². The van der Waals surface area contributed by atoms with Crippen LogP contribution in [-0.4, -0.2) is 23.9 Å². The number of hydrogen-bond donors (Lipinski definition) is 1. The molecule has 0 spiro atoms. The first-order chi connectivity index (χ1) is 16.1. The van der Waals surface area contributed by atoms with Crippen LogP contribution in [0.2, 0.25) is 5.02 Å². The molecule has 33 heavy (non-hydrogen) atoms. The maximum absolute atomic E-state index is 12.8. The van der Waals surface area contributed by atoms with Crippen molar-refractivity contribution in [1.82, 2.24) is 10.2 Å². The van der Waals surface area contributed by atoms with Gasteiger partial charge in [-0.1, -0.05) is 80.0 Å². The highest BCUT2D eigenvalue weighted by atomic mass is 35.5. The van der Waals surface area contributed by atoms with Crippen molar-refractivity contribution in [3.05, 3.63) is 107 Å². The average Bonchev–Trinajstić information content (AvgIpc) is 2.86. The van der Waals surface area contributed by atoms with Gasteiger partial charge in [0.15, 0.2) is 0 Å². The number of nitrogens with one attached hydrogen (secondary N) is 1. The number of nitrogens with zero attached hydrogens (tertiary/aromatic N) is 1. The summed E-state index contributed by atoms with van der Waals surface area (Å²) < 4.78 is 0. The lowest BCUT2D eigenvalue weighted by atomic mass is 10.0. The predicted octanol–water partition coefficient (Wildman–Crippen LogP) is 6.93. The Morgan fingerprint density at radius 2 is 1.52 bits per heavy atom. The average molecular weight is 457 g/mol. The first-order valence-corrected chi connectivity index (χ1v) is 11.8. The van der Waals surface area contributed by atoms with Gasteiger partial charge in [0.25, 0.3) is 5.91 Å². The van der Waals surface area contributed by atoms with Gasteiger partial charge in [0, 0.05) is 23.7 Å². The molecule has 0 saturated heterocycles. The maximum Gasteiger partial charge on any atom is 0.251 e. The molecule has 0 atom stereocenters. The maximum atomic E-state index is 12.8. The summed E-state index contributed by atoms with van der Waals surface area (Å²) in [6, 6.07) is 28.3. The highest BCUT2D eigenvalue weighted by molar-refractivity contribution is 6.30. The summed E-state index contributed by atoms with van der Waals surface area (Å²) in [7, 11) is 0. The molecule has 4 rings (SSSR count). The second-order valence-electron chi connectivity index (χ2n) is 8.20. The molecule has 1 N–H and O–H groups in total. The molecule has 4 heteroatoms. The Morgan fingerprint density at radius 3 is 2.18 bits per heavy atom. The lowest BCUT2D eigenvalue weighted by Crippen LogP contribution is -2.23. The van der Waals surface area contributed by atoms with E-state index in [0.717, 1.165) is 36.3 Å². The van der Waals surface area contributed by atoms with Gasteiger partial charge in [0.1, 0.15) is 0 Å². The van der Waals surface area contributed by atoms with Gasteiger partial charge >= 0.3 is 0 Å². The number of fused-ring (bicyclic) bond motifs is 1. The van der Waals surface area contributed by atoms with Gasteiger partial charge in [0.05, 0.1) is 0 Å². The normalized spacial score (nSPS) is 11.2. The number of carbonyl (C=O) groups excluding carboxylic acids is 1. The SMILES string of the molecule is CCN(CC)Cc1ccc2c(CNC(=O)c3ccc(-c4ccc(Cl)cc4)cc3)cccc2c1. The Kier molecular flexibility index (Phi) is 7.43. The van der Waals surface area contributed by atoms with E-state index >= 15 is 0 Å². The third kappa shape index (κ3) is 5.62. The lowest BCUT2D eigenvalue weighted by Gasteiger charge is -2.18. The molecular weight excluding hydrogens is 428 g/mol. The molecular formula is C29H29ClN2O. The zero-order valence-corrected chi connectivity index (χ0v) is 19.9. The highest BCUT2D eigenvalue weighted by Crippen LogP contribution is 2.23. The summed E-state index contributed by atoms with van der Waals surface area (Å²) in [6.07, 6.45) is 0. The van der Waals surface area contributed by atoms with E-state index in [-0.39, 0.29) is 5.91 Å². The van der Waals surface area contributed by atoms with Crippen LogP contribution in [0.4, 0.5) is 0 Å². The summed E-state index contributed by atoms with van der Waals surface area (Å²) in [6.45, 7) is 7.91. The Bertz CT molecular complexity index is 1230. The highest BCUT2D eigenvalue weighted by Gasteiger charge is 2.09. The third-order valence-corrected chi connectivity index (χ3v) is 6.35. The van der Waals surface area contributed by atoms with Gasteiger partial charge in [-0.2, -0.15) is 0 Å². The zero-order chi connectivity index (χ0) is 23.2. The van der Waals surface area contributed by atoms with Crippen molar-refractivity contribution in [2.24, 2.45) is 0 Å². The summed E-state index contributed by atoms with van der Waals surface area (Å²) in [5.74, 6) is -0.0761. The molecule has 0 aromatic heterocycles. The van der Waals surface area contributed by atoms with Crippen LogP contribution < -0.4 is 5.32 Å². The van der Waals surface area contributed by atoms with Gasteiger partial charge < -0.3 is 5.32 Å². The second kappa shape index (κ2) is 10.7. The van der Waals surface area contributed by atoms with Gasteiger partial charge in [-0.25, -0.2) is 0 Å². The fourth-order valence-electron chi connectivity index (χ4n) is 4.09. The van der Waals surface area contributed by atoms with Crippen molar-refractivity contribution in [3.63, 3.8) is 0 Å². The van der Waals surface area contributed by atoms with Crippen LogP contribution >= 0.6 is 11.6 Å². The summed E-state index contributed by atoms with van der Waals surface area (Å²) in [5, 5.41) is 6.17. The Morgan fingerprint density at radius 1 is 0.848 bits per heavy atom. The number of rotatable bonds is 8. The summed E-state index contributed by atoms with van der Waals surface area (Å²) >= 11 is 5.97. The Balaban J connectivity index is 1.44. The molecule has 0 aliphatic heterocycles. The fourth-order valence-corrected chi connectivity index (χ4v) is 4.22. The molecule has 4 aromatic rings. The number of halogens is 1. The standard InChI is InChI=1S/C29H29ClN2O/c1-3-32(4-2)20-21-8-17-28-25(18-21)6-5-7-26(28)19-31-29(33)24-11-9-22(10-12-24)23-13-15-27(30)16-14-23/h5-18H,3-4,19-20H2,1-2H3,(H,31,33). The van der Waals surface area contributed by atoms with E-state index in [0.29, 0.717) is 17.1 Å². The third-order valence-electron chi connectivity index (χ3n) is 6.10. The van der Waals surface area contributed by atoms with Crippen molar-refractivity contribution < 1.29 is 4.79 Å². The van der Waals surface area contributed by atoms with Crippen molar-refractivity contribution >= 4 is 28.3 Å². The van der Waals surface area contributed by atoms with E-state index in [2.05, 4.69) is 60.5 Å². The number of hydrogen-bond acceptors (Lipinski definition) is 2. The van der Waals surface area contributed by atoms with Crippen LogP contribution in [0.25, 0.3) is 21.9 Å². The fraction of sp³-hybridized carbons (Fsp3) is 0.207. The summed E-state index contributed by atoms with van der Waals surface area (Å²) in [5.41, 5.74) is 5.20. The van der Waals surface area contributed by atoms with Crippen LogP contribution in [0.3, 0.4) is 0 Å². The largest absolute Gasteiger partial charge is 0.348 e. The molecule has 0 aliphatic carbocycles. The minimum atomic E-state index is -0.0761. The summed E-state index contributed by atoms with van der Waals surface area (Å²) in [4.78, 5) is 15.2.